The number of hydrogen-bond donors (Lipinski definition) is 2. The first-order valence-electron chi connectivity index (χ1n) is 3.55. The zero-order chi connectivity index (χ0) is 8.27. The average Bonchev–Trinajstić information content (AvgIpc) is 2.05. The predicted molar refractivity (Wildman–Crippen MR) is 42.8 cm³/mol. The zero-order valence-corrected chi connectivity index (χ0v) is 6.49. The van der Waals surface area contributed by atoms with Gasteiger partial charge in [-0.05, 0) is 24.6 Å². The number of aliphatic hydroxyl groups is 1. The van der Waals surface area contributed by atoms with Crippen molar-refractivity contribution in [2.45, 2.75) is 19.6 Å². The summed E-state index contributed by atoms with van der Waals surface area (Å²) in [5.41, 5.74) is 7.26. The second-order valence-corrected chi connectivity index (χ2v) is 2.54. The minimum atomic E-state index is -0.0681. The van der Waals surface area contributed by atoms with Crippen LogP contribution in [0.1, 0.15) is 24.2 Å². The monoisotopic (exact) mass is 152 g/mol. The van der Waals surface area contributed by atoms with E-state index in [-0.39, 0.29) is 12.6 Å². The molecule has 1 aromatic heterocycles. The lowest BCUT2D eigenvalue weighted by Crippen LogP contribution is -2.07. The molecule has 0 saturated carbocycles. The lowest BCUT2D eigenvalue weighted by atomic mass is 10.2. The molecule has 1 rings (SSSR count). The summed E-state index contributed by atoms with van der Waals surface area (Å²) in [6.45, 7) is 1.91. The van der Waals surface area contributed by atoms with Gasteiger partial charge in [-0.25, -0.2) is 0 Å². The zero-order valence-electron chi connectivity index (χ0n) is 6.49. The van der Waals surface area contributed by atoms with Gasteiger partial charge in [0.05, 0.1) is 12.3 Å². The van der Waals surface area contributed by atoms with Gasteiger partial charge in [0.1, 0.15) is 0 Å². The quantitative estimate of drug-likeness (QED) is 0.652. The summed E-state index contributed by atoms with van der Waals surface area (Å²) >= 11 is 0. The smallest absolute Gasteiger partial charge is 0.0683 e. The molecule has 0 bridgehead atoms. The molecule has 1 aromatic rings. The number of rotatable bonds is 2. The van der Waals surface area contributed by atoms with Crippen molar-refractivity contribution in [2.75, 3.05) is 0 Å². The largest absolute Gasteiger partial charge is 0.392 e. The lowest BCUT2D eigenvalue weighted by Gasteiger charge is -2.04. The highest BCUT2D eigenvalue weighted by atomic mass is 16.3. The fraction of sp³-hybridized carbons (Fsp3) is 0.375. The van der Waals surface area contributed by atoms with E-state index in [0.717, 1.165) is 11.3 Å². The summed E-state index contributed by atoms with van der Waals surface area (Å²) in [7, 11) is 0. The molecule has 0 unspecified atom stereocenters. The second kappa shape index (κ2) is 3.46. The van der Waals surface area contributed by atoms with Crippen LogP contribution < -0.4 is 5.73 Å². The Morgan fingerprint density at radius 2 is 2.45 bits per heavy atom. The second-order valence-electron chi connectivity index (χ2n) is 2.54. The van der Waals surface area contributed by atoms with E-state index in [9.17, 15) is 0 Å². The highest BCUT2D eigenvalue weighted by Crippen LogP contribution is 2.07. The van der Waals surface area contributed by atoms with E-state index in [1.807, 2.05) is 13.0 Å². The van der Waals surface area contributed by atoms with Gasteiger partial charge in [-0.3, -0.25) is 4.98 Å². The number of hydrogen-bond acceptors (Lipinski definition) is 3. The first-order valence-corrected chi connectivity index (χ1v) is 3.55. The van der Waals surface area contributed by atoms with Crippen molar-refractivity contribution in [1.29, 1.82) is 0 Å². The van der Waals surface area contributed by atoms with Crippen molar-refractivity contribution in [2.24, 2.45) is 5.73 Å². The number of nitrogens with two attached hydrogens (primary N) is 1. The van der Waals surface area contributed by atoms with E-state index < -0.39 is 0 Å². The van der Waals surface area contributed by atoms with Gasteiger partial charge >= 0.3 is 0 Å². The van der Waals surface area contributed by atoms with Gasteiger partial charge in [0.15, 0.2) is 0 Å². The highest BCUT2D eigenvalue weighted by molar-refractivity contribution is 5.17. The van der Waals surface area contributed by atoms with Gasteiger partial charge in [-0.15, -0.1) is 0 Å². The molecular formula is C8H12N2O. The maximum absolute atomic E-state index is 8.78. The number of nitrogens with zero attached hydrogens (tertiary/aromatic N) is 1. The van der Waals surface area contributed by atoms with Crippen LogP contribution in [-0.2, 0) is 6.61 Å². The fourth-order valence-electron chi connectivity index (χ4n) is 0.842. The maximum atomic E-state index is 8.78. The van der Waals surface area contributed by atoms with Crippen molar-refractivity contribution in [3.63, 3.8) is 0 Å². The van der Waals surface area contributed by atoms with Gasteiger partial charge in [0, 0.05) is 12.2 Å². The van der Waals surface area contributed by atoms with E-state index in [1.54, 1.807) is 12.3 Å². The lowest BCUT2D eigenvalue weighted by molar-refractivity contribution is 0.281. The Morgan fingerprint density at radius 1 is 1.73 bits per heavy atom. The third-order valence-electron chi connectivity index (χ3n) is 1.49. The van der Waals surface area contributed by atoms with Crippen LogP contribution in [0.3, 0.4) is 0 Å². The topological polar surface area (TPSA) is 59.1 Å². The van der Waals surface area contributed by atoms with E-state index in [0.29, 0.717) is 0 Å². The SMILES string of the molecule is C[C@H](N)c1cc(CO)ccn1. The van der Waals surface area contributed by atoms with E-state index in [4.69, 9.17) is 10.8 Å². The molecule has 11 heavy (non-hydrogen) atoms. The van der Waals surface area contributed by atoms with Crippen LogP contribution in [0.25, 0.3) is 0 Å². The molecule has 3 heteroatoms. The maximum Gasteiger partial charge on any atom is 0.0683 e. The Hall–Kier alpha value is -0.930. The first-order chi connectivity index (χ1) is 5.24. The third kappa shape index (κ3) is 2.00. The first kappa shape index (κ1) is 8.17. The summed E-state index contributed by atoms with van der Waals surface area (Å²) in [5.74, 6) is 0. The number of aromatic nitrogens is 1. The van der Waals surface area contributed by atoms with E-state index in [1.165, 1.54) is 0 Å². The van der Waals surface area contributed by atoms with Gasteiger partial charge < -0.3 is 10.8 Å². The molecule has 3 nitrogen and oxygen atoms in total. The highest BCUT2D eigenvalue weighted by Gasteiger charge is 2.00. The minimum Gasteiger partial charge on any atom is -0.392 e. The molecule has 0 aliphatic rings. The van der Waals surface area contributed by atoms with Gasteiger partial charge in [-0.2, -0.15) is 0 Å². The van der Waals surface area contributed by atoms with E-state index >= 15 is 0 Å². The van der Waals surface area contributed by atoms with Crippen LogP contribution in [0.2, 0.25) is 0 Å². The Kier molecular flexibility index (Phi) is 2.57. The Bertz CT molecular complexity index is 235. The Labute approximate surface area is 65.9 Å². The van der Waals surface area contributed by atoms with Crippen molar-refractivity contribution in [3.8, 4) is 0 Å². The molecule has 0 amide bonds. The van der Waals surface area contributed by atoms with Gasteiger partial charge in [0.2, 0.25) is 0 Å². The molecule has 0 saturated heterocycles. The molecule has 1 atom stereocenters. The summed E-state index contributed by atoms with van der Waals surface area (Å²) in [6.07, 6.45) is 1.66. The van der Waals surface area contributed by atoms with Crippen LogP contribution in [0.5, 0.6) is 0 Å². The standard InChI is InChI=1S/C8H12N2O/c1-6(9)8-4-7(5-11)2-3-10-8/h2-4,6,11H,5,9H2,1H3/t6-/m0/s1. The molecular weight excluding hydrogens is 140 g/mol. The molecule has 0 fully saturated rings. The van der Waals surface area contributed by atoms with Crippen molar-refractivity contribution < 1.29 is 5.11 Å². The molecule has 3 N–H and O–H groups in total. The molecule has 0 spiro atoms. The third-order valence-corrected chi connectivity index (χ3v) is 1.49. The molecule has 1 heterocycles. The summed E-state index contributed by atoms with van der Waals surface area (Å²) in [4.78, 5) is 4.05. The van der Waals surface area contributed by atoms with Crippen LogP contribution in [0, 0.1) is 0 Å². The Balaban J connectivity index is 2.91. The molecule has 60 valence electrons. The molecule has 0 aliphatic carbocycles. The summed E-state index contributed by atoms with van der Waals surface area (Å²) < 4.78 is 0. The van der Waals surface area contributed by atoms with Crippen LogP contribution >= 0.6 is 0 Å². The predicted octanol–water partition coefficient (Wildman–Crippen LogP) is 0.594. The Morgan fingerprint density at radius 3 is 3.00 bits per heavy atom. The molecule has 0 radical (unpaired) electrons. The summed E-state index contributed by atoms with van der Waals surface area (Å²) in [5, 5.41) is 8.78. The molecule has 0 aliphatic heterocycles. The van der Waals surface area contributed by atoms with Crippen molar-refractivity contribution in [3.05, 3.63) is 29.6 Å². The van der Waals surface area contributed by atoms with E-state index in [2.05, 4.69) is 4.98 Å². The minimum absolute atomic E-state index is 0.0439. The van der Waals surface area contributed by atoms with Gasteiger partial charge in [-0.1, -0.05) is 0 Å². The normalized spacial score (nSPS) is 13.0. The average molecular weight is 152 g/mol. The van der Waals surface area contributed by atoms with Crippen molar-refractivity contribution >= 4 is 0 Å². The van der Waals surface area contributed by atoms with Crippen LogP contribution in [0.15, 0.2) is 18.3 Å². The molecule has 0 aromatic carbocycles. The number of aliphatic hydroxyl groups excluding tert-OH is 1. The van der Waals surface area contributed by atoms with Crippen LogP contribution in [0.4, 0.5) is 0 Å². The van der Waals surface area contributed by atoms with Crippen LogP contribution in [-0.4, -0.2) is 10.1 Å². The van der Waals surface area contributed by atoms with Gasteiger partial charge in [0.25, 0.3) is 0 Å². The van der Waals surface area contributed by atoms with Crippen molar-refractivity contribution in [1.82, 2.24) is 4.98 Å². The fourth-order valence-corrected chi connectivity index (χ4v) is 0.842. The summed E-state index contributed by atoms with van der Waals surface area (Å²) in [6, 6.07) is 3.51. The number of pyridine rings is 1.